The number of nitrogens with zero attached hydrogens (tertiary/aromatic N) is 2. The first-order chi connectivity index (χ1) is 11.1. The van der Waals surface area contributed by atoms with Gasteiger partial charge >= 0.3 is 7.12 Å². The van der Waals surface area contributed by atoms with Gasteiger partial charge in [-0.25, -0.2) is 0 Å². The lowest BCUT2D eigenvalue weighted by molar-refractivity contribution is 0.00578. The molecule has 1 aliphatic rings. The van der Waals surface area contributed by atoms with Crippen LogP contribution in [-0.4, -0.2) is 33.9 Å². The number of aryl methyl sites for hydroxylation is 1. The monoisotopic (exact) mass is 346 g/mol. The molecule has 0 amide bonds. The third-order valence-corrected chi connectivity index (χ3v) is 5.05. The van der Waals surface area contributed by atoms with Crippen LogP contribution >= 0.6 is 11.6 Å². The van der Waals surface area contributed by atoms with Crippen molar-refractivity contribution in [3.63, 3.8) is 0 Å². The van der Waals surface area contributed by atoms with Crippen molar-refractivity contribution >= 4 is 30.0 Å². The molecule has 0 unspecified atom stereocenters. The molecule has 0 saturated carbocycles. The van der Waals surface area contributed by atoms with Crippen molar-refractivity contribution in [2.45, 2.75) is 38.9 Å². The molecule has 1 aromatic heterocycles. The van der Waals surface area contributed by atoms with Gasteiger partial charge in [0.25, 0.3) is 0 Å². The minimum Gasteiger partial charge on any atom is -0.399 e. The van der Waals surface area contributed by atoms with E-state index >= 15 is 0 Å². The van der Waals surface area contributed by atoms with Gasteiger partial charge in [-0.1, -0.05) is 11.6 Å². The van der Waals surface area contributed by atoms with E-state index in [4.69, 9.17) is 20.9 Å². The largest absolute Gasteiger partial charge is 0.498 e. The summed E-state index contributed by atoms with van der Waals surface area (Å²) in [6.07, 6.45) is 1.63. The van der Waals surface area contributed by atoms with Gasteiger partial charge in [0.15, 0.2) is 0 Å². The number of aromatic nitrogens is 2. The molecule has 0 aliphatic carbocycles. The fourth-order valence-electron chi connectivity index (χ4n) is 2.61. The molecule has 1 aliphatic heterocycles. The second-order valence-corrected chi connectivity index (χ2v) is 7.43. The molecular weight excluding hydrogens is 326 g/mol. The van der Waals surface area contributed by atoms with Gasteiger partial charge in [0.05, 0.1) is 11.2 Å². The Morgan fingerprint density at radius 2 is 1.67 bits per heavy atom. The van der Waals surface area contributed by atoms with Gasteiger partial charge in [-0.2, -0.15) is 5.10 Å². The van der Waals surface area contributed by atoms with Gasteiger partial charge in [-0.15, -0.1) is 0 Å². The van der Waals surface area contributed by atoms with Crippen LogP contribution in [0.5, 0.6) is 0 Å². The van der Waals surface area contributed by atoms with Crippen LogP contribution in [0.3, 0.4) is 0 Å². The Morgan fingerprint density at radius 1 is 1.12 bits per heavy atom. The van der Waals surface area contributed by atoms with Crippen LogP contribution in [0.2, 0.25) is 5.02 Å². The maximum absolute atomic E-state index is 12.9. The van der Waals surface area contributed by atoms with Crippen molar-refractivity contribution in [1.29, 1.82) is 0 Å². The van der Waals surface area contributed by atoms with Crippen LogP contribution in [0.4, 0.5) is 0 Å². The summed E-state index contributed by atoms with van der Waals surface area (Å²) in [5, 5.41) is 4.82. The molecule has 0 N–H and O–H groups in total. The van der Waals surface area contributed by atoms with Crippen molar-refractivity contribution < 1.29 is 14.1 Å². The Bertz CT molecular complexity index is 768. The maximum atomic E-state index is 12.9. The summed E-state index contributed by atoms with van der Waals surface area (Å²) in [6.45, 7) is 7.90. The van der Waals surface area contributed by atoms with Crippen LogP contribution in [0.25, 0.3) is 0 Å². The Balaban J connectivity index is 1.98. The minimum absolute atomic E-state index is 0.142. The smallest absolute Gasteiger partial charge is 0.399 e. The summed E-state index contributed by atoms with van der Waals surface area (Å²) in [4.78, 5) is 12.9. The summed E-state index contributed by atoms with van der Waals surface area (Å²) >= 11 is 5.90. The summed E-state index contributed by atoms with van der Waals surface area (Å²) in [7, 11) is 1.10. The zero-order chi connectivity index (χ0) is 17.7. The molecule has 1 saturated heterocycles. The number of halogens is 1. The Labute approximate surface area is 147 Å². The zero-order valence-corrected chi connectivity index (χ0v) is 15.2. The highest BCUT2D eigenvalue weighted by Gasteiger charge is 2.53. The summed E-state index contributed by atoms with van der Waals surface area (Å²) in [5.74, 6) is -0.142. The Morgan fingerprint density at radius 3 is 2.21 bits per heavy atom. The molecule has 0 spiro atoms. The SMILES string of the molecule is Cn1ncc(B2OC(C)(C)C(C)(C)O2)c1C(=O)c1ccc(Cl)cc1. The molecule has 24 heavy (non-hydrogen) atoms. The molecule has 2 heterocycles. The topological polar surface area (TPSA) is 53.4 Å². The number of rotatable bonds is 3. The van der Waals surface area contributed by atoms with Crippen molar-refractivity contribution in [1.82, 2.24) is 9.78 Å². The lowest BCUT2D eigenvalue weighted by Crippen LogP contribution is -2.41. The standard InChI is InChI=1S/C17H20BClN2O3/c1-16(2)17(3,4)24-18(23-16)13-10-20-21(5)14(13)15(22)11-6-8-12(19)9-7-11/h6-10H,1-5H3. The van der Waals surface area contributed by atoms with Crippen LogP contribution in [0, 0.1) is 0 Å². The average Bonchev–Trinajstić information content (AvgIpc) is 2.96. The van der Waals surface area contributed by atoms with Crippen molar-refractivity contribution in [3.8, 4) is 0 Å². The molecule has 1 aromatic carbocycles. The normalized spacial score (nSPS) is 18.8. The van der Waals surface area contributed by atoms with Crippen molar-refractivity contribution in [2.24, 2.45) is 7.05 Å². The zero-order valence-electron chi connectivity index (χ0n) is 14.5. The third kappa shape index (κ3) is 2.79. The lowest BCUT2D eigenvalue weighted by atomic mass is 9.78. The van der Waals surface area contributed by atoms with Gasteiger partial charge in [0, 0.05) is 29.3 Å². The molecule has 126 valence electrons. The fourth-order valence-corrected chi connectivity index (χ4v) is 2.74. The number of carbonyl (C=O) groups is 1. The molecule has 7 heteroatoms. The van der Waals surface area contributed by atoms with E-state index in [1.54, 1.807) is 42.2 Å². The quantitative estimate of drug-likeness (QED) is 0.633. The molecule has 5 nitrogen and oxygen atoms in total. The van der Waals surface area contributed by atoms with E-state index in [1.165, 1.54) is 0 Å². The van der Waals surface area contributed by atoms with Crippen LogP contribution in [0.1, 0.15) is 43.7 Å². The van der Waals surface area contributed by atoms with Gasteiger partial charge in [0.2, 0.25) is 5.78 Å². The molecule has 1 fully saturated rings. The first kappa shape index (κ1) is 17.2. The molecule has 0 atom stereocenters. The average molecular weight is 347 g/mol. The van der Waals surface area contributed by atoms with E-state index < -0.39 is 18.3 Å². The summed E-state index contributed by atoms with van der Waals surface area (Å²) in [5.41, 5.74) is 0.676. The summed E-state index contributed by atoms with van der Waals surface area (Å²) in [6, 6.07) is 6.79. The second-order valence-electron chi connectivity index (χ2n) is 7.00. The predicted octanol–water partition coefficient (Wildman–Crippen LogP) is 2.60. The number of hydrogen-bond donors (Lipinski definition) is 0. The van der Waals surface area contributed by atoms with E-state index in [-0.39, 0.29) is 5.78 Å². The highest BCUT2D eigenvalue weighted by Crippen LogP contribution is 2.36. The van der Waals surface area contributed by atoms with Crippen molar-refractivity contribution in [3.05, 3.63) is 46.7 Å². The van der Waals surface area contributed by atoms with Crippen molar-refractivity contribution in [2.75, 3.05) is 0 Å². The number of carbonyl (C=O) groups excluding carboxylic acids is 1. The minimum atomic E-state index is -0.630. The van der Waals surface area contributed by atoms with Gasteiger partial charge < -0.3 is 9.31 Å². The van der Waals surface area contributed by atoms with E-state index in [1.807, 2.05) is 27.7 Å². The Kier molecular flexibility index (Phi) is 4.10. The van der Waals surface area contributed by atoms with Crippen LogP contribution < -0.4 is 5.46 Å². The Hall–Kier alpha value is -1.63. The van der Waals surface area contributed by atoms with Gasteiger partial charge in [0.1, 0.15) is 5.69 Å². The third-order valence-electron chi connectivity index (χ3n) is 4.80. The molecule has 0 bridgehead atoms. The molecular formula is C17H20BClN2O3. The second kappa shape index (κ2) is 5.72. The first-order valence-corrected chi connectivity index (χ1v) is 8.18. The first-order valence-electron chi connectivity index (χ1n) is 7.80. The molecule has 3 rings (SSSR count). The number of benzene rings is 1. The van der Waals surface area contributed by atoms with E-state index in [0.717, 1.165) is 0 Å². The fraction of sp³-hybridized carbons (Fsp3) is 0.412. The van der Waals surface area contributed by atoms with E-state index in [2.05, 4.69) is 5.10 Å². The number of hydrogen-bond acceptors (Lipinski definition) is 4. The highest BCUT2D eigenvalue weighted by molar-refractivity contribution is 6.63. The highest BCUT2D eigenvalue weighted by atomic mass is 35.5. The maximum Gasteiger partial charge on any atom is 0.498 e. The van der Waals surface area contributed by atoms with Crippen LogP contribution in [-0.2, 0) is 16.4 Å². The molecule has 0 radical (unpaired) electrons. The lowest BCUT2D eigenvalue weighted by Gasteiger charge is -2.32. The molecule has 2 aromatic rings. The predicted molar refractivity (Wildman–Crippen MR) is 93.8 cm³/mol. The van der Waals surface area contributed by atoms with Gasteiger partial charge in [-0.3, -0.25) is 9.48 Å². The number of ketones is 1. The van der Waals surface area contributed by atoms with E-state index in [9.17, 15) is 4.79 Å². The van der Waals surface area contributed by atoms with Crippen LogP contribution in [0.15, 0.2) is 30.5 Å². The van der Waals surface area contributed by atoms with Gasteiger partial charge in [-0.05, 0) is 52.0 Å². The van der Waals surface area contributed by atoms with E-state index in [0.29, 0.717) is 21.7 Å². The summed E-state index contributed by atoms with van der Waals surface area (Å²) < 4.78 is 13.7.